The first kappa shape index (κ1) is 12.3. The third-order valence-electron chi connectivity index (χ3n) is 3.00. The van der Waals surface area contributed by atoms with Crippen molar-refractivity contribution in [2.45, 2.75) is 33.2 Å². The second-order valence-electron chi connectivity index (χ2n) is 5.01. The van der Waals surface area contributed by atoms with Crippen molar-refractivity contribution in [1.29, 1.82) is 0 Å². The van der Waals surface area contributed by atoms with Gasteiger partial charge in [-0.3, -0.25) is 0 Å². The standard InChI is InChI=1S/C14H23N/c1-11(2)12(3)14-8-6-13(7-9-14)10-15(4)5/h6-9,11-12H,10H2,1-5H3. The minimum atomic E-state index is 0.651. The van der Waals surface area contributed by atoms with Gasteiger partial charge < -0.3 is 4.90 Å². The minimum absolute atomic E-state index is 0.651. The van der Waals surface area contributed by atoms with Gasteiger partial charge in [0.25, 0.3) is 0 Å². The molecule has 0 amide bonds. The summed E-state index contributed by atoms with van der Waals surface area (Å²) in [5.41, 5.74) is 2.84. The van der Waals surface area contributed by atoms with Crippen molar-refractivity contribution >= 4 is 0 Å². The molecule has 0 saturated heterocycles. The topological polar surface area (TPSA) is 3.24 Å². The summed E-state index contributed by atoms with van der Waals surface area (Å²) >= 11 is 0. The molecule has 0 aliphatic heterocycles. The van der Waals surface area contributed by atoms with E-state index in [1.54, 1.807) is 0 Å². The molecule has 0 N–H and O–H groups in total. The second-order valence-corrected chi connectivity index (χ2v) is 5.01. The first-order chi connectivity index (χ1) is 7.00. The zero-order valence-electron chi connectivity index (χ0n) is 10.6. The quantitative estimate of drug-likeness (QED) is 0.727. The van der Waals surface area contributed by atoms with Crippen LogP contribution in [0.1, 0.15) is 37.8 Å². The van der Waals surface area contributed by atoms with Gasteiger partial charge in [0.05, 0.1) is 0 Å². The Kier molecular flexibility index (Phi) is 4.34. The van der Waals surface area contributed by atoms with E-state index < -0.39 is 0 Å². The normalized spacial score (nSPS) is 13.5. The van der Waals surface area contributed by atoms with Crippen LogP contribution in [-0.4, -0.2) is 19.0 Å². The summed E-state index contributed by atoms with van der Waals surface area (Å²) in [6, 6.07) is 9.02. The first-order valence-electron chi connectivity index (χ1n) is 5.74. The predicted molar refractivity (Wildman–Crippen MR) is 67.1 cm³/mol. The number of hydrogen-bond acceptors (Lipinski definition) is 1. The van der Waals surface area contributed by atoms with E-state index in [-0.39, 0.29) is 0 Å². The van der Waals surface area contributed by atoms with E-state index in [9.17, 15) is 0 Å². The van der Waals surface area contributed by atoms with E-state index in [1.165, 1.54) is 11.1 Å². The third-order valence-corrected chi connectivity index (χ3v) is 3.00. The Morgan fingerprint density at radius 1 is 1.00 bits per heavy atom. The molecule has 1 heteroatoms. The molecule has 1 atom stereocenters. The SMILES string of the molecule is CC(C)C(C)c1ccc(CN(C)C)cc1. The Balaban J connectivity index is 2.72. The summed E-state index contributed by atoms with van der Waals surface area (Å²) in [6.45, 7) is 7.87. The molecule has 1 rings (SSSR count). The van der Waals surface area contributed by atoms with Crippen molar-refractivity contribution in [2.75, 3.05) is 14.1 Å². The molecule has 0 heterocycles. The summed E-state index contributed by atoms with van der Waals surface area (Å²) in [5.74, 6) is 1.36. The zero-order chi connectivity index (χ0) is 11.4. The summed E-state index contributed by atoms with van der Waals surface area (Å²) in [6.07, 6.45) is 0. The molecule has 1 nitrogen and oxygen atoms in total. The Labute approximate surface area is 94.1 Å². The lowest BCUT2D eigenvalue weighted by Crippen LogP contribution is -2.10. The number of rotatable bonds is 4. The highest BCUT2D eigenvalue weighted by molar-refractivity contribution is 5.25. The lowest BCUT2D eigenvalue weighted by molar-refractivity contribution is 0.402. The highest BCUT2D eigenvalue weighted by Gasteiger charge is 2.09. The fourth-order valence-electron chi connectivity index (χ4n) is 1.68. The molecule has 0 aliphatic carbocycles. The molecule has 0 aliphatic rings. The molecule has 0 fully saturated rings. The van der Waals surface area contributed by atoms with Gasteiger partial charge in [0.2, 0.25) is 0 Å². The van der Waals surface area contributed by atoms with Crippen LogP contribution >= 0.6 is 0 Å². The van der Waals surface area contributed by atoms with E-state index in [4.69, 9.17) is 0 Å². The molecule has 0 aromatic heterocycles. The monoisotopic (exact) mass is 205 g/mol. The van der Waals surface area contributed by atoms with Gasteiger partial charge in [0.15, 0.2) is 0 Å². The summed E-state index contributed by atoms with van der Waals surface area (Å²) in [7, 11) is 4.20. The average Bonchev–Trinajstić information content (AvgIpc) is 2.17. The molecule has 1 unspecified atom stereocenters. The van der Waals surface area contributed by atoms with Crippen LogP contribution in [0.4, 0.5) is 0 Å². The molecular formula is C14H23N. The molecular weight excluding hydrogens is 182 g/mol. The lowest BCUT2D eigenvalue weighted by Gasteiger charge is -2.17. The number of hydrogen-bond donors (Lipinski definition) is 0. The molecule has 0 spiro atoms. The second kappa shape index (κ2) is 5.32. The third kappa shape index (κ3) is 3.67. The molecule has 1 aromatic carbocycles. The largest absolute Gasteiger partial charge is 0.305 e. The Morgan fingerprint density at radius 2 is 1.53 bits per heavy atom. The smallest absolute Gasteiger partial charge is 0.0227 e. The molecule has 84 valence electrons. The van der Waals surface area contributed by atoms with Crippen LogP contribution < -0.4 is 0 Å². The van der Waals surface area contributed by atoms with Crippen molar-refractivity contribution in [2.24, 2.45) is 5.92 Å². The van der Waals surface area contributed by atoms with Gasteiger partial charge in [-0.2, -0.15) is 0 Å². The maximum absolute atomic E-state index is 2.30. The summed E-state index contributed by atoms with van der Waals surface area (Å²) < 4.78 is 0. The molecule has 0 saturated carbocycles. The maximum Gasteiger partial charge on any atom is 0.0227 e. The fraction of sp³-hybridized carbons (Fsp3) is 0.571. The van der Waals surface area contributed by atoms with Gasteiger partial charge in [0.1, 0.15) is 0 Å². The van der Waals surface area contributed by atoms with Gasteiger partial charge in [-0.05, 0) is 37.1 Å². The van der Waals surface area contributed by atoms with E-state index in [0.717, 1.165) is 6.54 Å². The van der Waals surface area contributed by atoms with Crippen LogP contribution in [0.15, 0.2) is 24.3 Å². The Morgan fingerprint density at radius 3 is 1.93 bits per heavy atom. The van der Waals surface area contributed by atoms with Gasteiger partial charge >= 0.3 is 0 Å². The highest BCUT2D eigenvalue weighted by atomic mass is 15.0. The maximum atomic E-state index is 2.30. The van der Waals surface area contributed by atoms with Crippen LogP contribution in [0.3, 0.4) is 0 Å². The van der Waals surface area contributed by atoms with Crippen LogP contribution in [0.25, 0.3) is 0 Å². The van der Waals surface area contributed by atoms with E-state index in [1.807, 2.05) is 0 Å². The minimum Gasteiger partial charge on any atom is -0.305 e. The summed E-state index contributed by atoms with van der Waals surface area (Å²) in [5, 5.41) is 0. The molecule has 1 aromatic rings. The Hall–Kier alpha value is -0.820. The molecule has 0 bridgehead atoms. The van der Waals surface area contributed by atoms with Crippen molar-refractivity contribution in [3.63, 3.8) is 0 Å². The van der Waals surface area contributed by atoms with E-state index in [2.05, 4.69) is 64.0 Å². The Bertz CT molecular complexity index is 285. The van der Waals surface area contributed by atoms with Crippen molar-refractivity contribution in [3.05, 3.63) is 35.4 Å². The average molecular weight is 205 g/mol. The molecule has 0 radical (unpaired) electrons. The number of benzene rings is 1. The fourth-order valence-corrected chi connectivity index (χ4v) is 1.68. The predicted octanol–water partition coefficient (Wildman–Crippen LogP) is 3.51. The molecule has 15 heavy (non-hydrogen) atoms. The van der Waals surface area contributed by atoms with Gasteiger partial charge in [0, 0.05) is 6.54 Å². The van der Waals surface area contributed by atoms with E-state index >= 15 is 0 Å². The van der Waals surface area contributed by atoms with Crippen LogP contribution in [0.2, 0.25) is 0 Å². The van der Waals surface area contributed by atoms with Crippen molar-refractivity contribution < 1.29 is 0 Å². The number of nitrogens with zero attached hydrogens (tertiary/aromatic N) is 1. The van der Waals surface area contributed by atoms with Crippen molar-refractivity contribution in [3.8, 4) is 0 Å². The van der Waals surface area contributed by atoms with Crippen molar-refractivity contribution in [1.82, 2.24) is 4.90 Å². The van der Waals surface area contributed by atoms with Crippen LogP contribution in [0.5, 0.6) is 0 Å². The summed E-state index contributed by atoms with van der Waals surface area (Å²) in [4.78, 5) is 2.20. The highest BCUT2D eigenvalue weighted by Crippen LogP contribution is 2.23. The van der Waals surface area contributed by atoms with Gasteiger partial charge in [-0.1, -0.05) is 45.0 Å². The van der Waals surface area contributed by atoms with Gasteiger partial charge in [-0.25, -0.2) is 0 Å². The van der Waals surface area contributed by atoms with Gasteiger partial charge in [-0.15, -0.1) is 0 Å². The lowest BCUT2D eigenvalue weighted by atomic mass is 9.90. The zero-order valence-corrected chi connectivity index (χ0v) is 10.6. The van der Waals surface area contributed by atoms with Crippen LogP contribution in [-0.2, 0) is 6.54 Å². The first-order valence-corrected chi connectivity index (χ1v) is 5.74. The van der Waals surface area contributed by atoms with Crippen LogP contribution in [0, 0.1) is 5.92 Å². The van der Waals surface area contributed by atoms with E-state index in [0.29, 0.717) is 11.8 Å².